The van der Waals surface area contributed by atoms with Gasteiger partial charge in [-0.2, -0.15) is 0 Å². The van der Waals surface area contributed by atoms with Crippen LogP contribution in [-0.4, -0.2) is 23.1 Å². The van der Waals surface area contributed by atoms with Gasteiger partial charge in [-0.25, -0.2) is 13.8 Å². The fourth-order valence-electron chi connectivity index (χ4n) is 7.29. The van der Waals surface area contributed by atoms with Crippen molar-refractivity contribution >= 4 is 17.5 Å². The summed E-state index contributed by atoms with van der Waals surface area (Å²) in [6.45, 7) is 1.36. The molecule has 0 saturated carbocycles. The summed E-state index contributed by atoms with van der Waals surface area (Å²) in [6.07, 6.45) is 18.8. The van der Waals surface area contributed by atoms with Gasteiger partial charge in [0.25, 0.3) is 5.56 Å². The molecule has 1 unspecified atom stereocenters. The summed E-state index contributed by atoms with van der Waals surface area (Å²) in [5, 5.41) is 0.736. The third-order valence-electron chi connectivity index (χ3n) is 9.31. The molecule has 39 heavy (non-hydrogen) atoms. The molecule has 1 aromatic carbocycles. The molecule has 206 valence electrons. The standard InChI is InChI=1S/C32H36ClF2N3O/c33-23-8-2-1-6-21(11-12-23)18-22-7-5-13-32(29-26(22)19-24(34)20-27(29)35)14-16-38(17-15-32)31-36-28-10-4-3-9-25(28)30(39)37-31/h6,8,11-12,19-20,22H,1-5,7,9-10,13-18H2,(H,36,37,39). The highest BCUT2D eigenvalue weighted by molar-refractivity contribution is 6.31. The maximum absolute atomic E-state index is 15.8. The zero-order valence-corrected chi connectivity index (χ0v) is 23.1. The van der Waals surface area contributed by atoms with E-state index in [0.717, 1.165) is 105 Å². The van der Waals surface area contributed by atoms with E-state index in [4.69, 9.17) is 16.6 Å². The number of nitrogens with one attached hydrogen (secondary N) is 1. The second-order valence-corrected chi connectivity index (χ2v) is 12.1. The van der Waals surface area contributed by atoms with Gasteiger partial charge in [-0.15, -0.1) is 0 Å². The Hall–Kier alpha value is -2.73. The van der Waals surface area contributed by atoms with Gasteiger partial charge in [0.05, 0.1) is 5.69 Å². The van der Waals surface area contributed by atoms with Crippen LogP contribution in [0.5, 0.6) is 0 Å². The predicted molar refractivity (Wildman–Crippen MR) is 153 cm³/mol. The van der Waals surface area contributed by atoms with Crippen LogP contribution in [0.25, 0.3) is 0 Å². The Labute approximate surface area is 233 Å². The van der Waals surface area contributed by atoms with Crippen molar-refractivity contribution in [2.24, 2.45) is 0 Å². The van der Waals surface area contributed by atoms with E-state index in [1.165, 1.54) is 5.57 Å². The van der Waals surface area contributed by atoms with E-state index in [1.807, 2.05) is 12.2 Å². The maximum atomic E-state index is 15.8. The molecule has 1 aliphatic heterocycles. The highest BCUT2D eigenvalue weighted by atomic mass is 35.5. The molecule has 1 N–H and O–H groups in total. The number of H-pyrrole nitrogens is 1. The number of aryl methyl sites for hydroxylation is 1. The van der Waals surface area contributed by atoms with Gasteiger partial charge in [0, 0.05) is 35.2 Å². The second kappa shape index (κ2) is 11.0. The second-order valence-electron chi connectivity index (χ2n) is 11.7. The van der Waals surface area contributed by atoms with Crippen molar-refractivity contribution in [2.45, 2.75) is 88.4 Å². The third-order valence-corrected chi connectivity index (χ3v) is 9.59. The highest BCUT2D eigenvalue weighted by Gasteiger charge is 2.43. The first-order chi connectivity index (χ1) is 18.9. The van der Waals surface area contributed by atoms with E-state index in [-0.39, 0.29) is 16.9 Å². The summed E-state index contributed by atoms with van der Waals surface area (Å²) in [5.74, 6) is -0.231. The van der Waals surface area contributed by atoms with Gasteiger partial charge in [0.15, 0.2) is 0 Å². The van der Waals surface area contributed by atoms with Gasteiger partial charge < -0.3 is 4.90 Å². The minimum atomic E-state index is -0.505. The molecule has 4 nitrogen and oxygen atoms in total. The van der Waals surface area contributed by atoms with E-state index < -0.39 is 11.6 Å². The molecule has 0 amide bonds. The predicted octanol–water partition coefficient (Wildman–Crippen LogP) is 7.52. The lowest BCUT2D eigenvalue weighted by atomic mass is 9.68. The lowest BCUT2D eigenvalue weighted by Crippen LogP contribution is -2.44. The number of rotatable bonds is 3. The quantitative estimate of drug-likeness (QED) is 0.429. The Morgan fingerprint density at radius 3 is 2.67 bits per heavy atom. The summed E-state index contributed by atoms with van der Waals surface area (Å²) in [7, 11) is 0. The molecule has 2 heterocycles. The Morgan fingerprint density at radius 2 is 1.82 bits per heavy atom. The normalized spacial score (nSPS) is 22.7. The average molecular weight is 552 g/mol. The van der Waals surface area contributed by atoms with Crippen LogP contribution >= 0.6 is 11.6 Å². The zero-order chi connectivity index (χ0) is 27.0. The van der Waals surface area contributed by atoms with E-state index in [9.17, 15) is 9.18 Å². The molecule has 4 aliphatic rings. The van der Waals surface area contributed by atoms with Gasteiger partial charge in [0.1, 0.15) is 11.6 Å². The van der Waals surface area contributed by atoms with E-state index in [1.54, 1.807) is 6.07 Å². The molecule has 2 aromatic rings. The van der Waals surface area contributed by atoms with Crippen LogP contribution in [0.15, 0.2) is 51.8 Å². The zero-order valence-electron chi connectivity index (χ0n) is 22.4. The van der Waals surface area contributed by atoms with Gasteiger partial charge in [-0.05, 0) is 99.8 Å². The van der Waals surface area contributed by atoms with Crippen LogP contribution in [0.2, 0.25) is 0 Å². The number of hydrogen-bond acceptors (Lipinski definition) is 3. The summed E-state index contributed by atoms with van der Waals surface area (Å²) < 4.78 is 30.4. The molecule has 0 bridgehead atoms. The van der Waals surface area contributed by atoms with Crippen molar-refractivity contribution < 1.29 is 8.78 Å². The molecular weight excluding hydrogens is 516 g/mol. The lowest BCUT2D eigenvalue weighted by molar-refractivity contribution is 0.293. The summed E-state index contributed by atoms with van der Waals surface area (Å²) >= 11 is 6.27. The smallest absolute Gasteiger partial charge is 0.255 e. The maximum Gasteiger partial charge on any atom is 0.255 e. The molecule has 1 saturated heterocycles. The molecule has 6 rings (SSSR count). The Bertz CT molecular complexity index is 1400. The summed E-state index contributed by atoms with van der Waals surface area (Å²) in [6, 6.07) is 2.66. The van der Waals surface area contributed by atoms with Crippen LogP contribution in [0.4, 0.5) is 14.7 Å². The monoisotopic (exact) mass is 551 g/mol. The minimum Gasteiger partial charge on any atom is -0.342 e. The van der Waals surface area contributed by atoms with Crippen LogP contribution in [-0.2, 0) is 18.3 Å². The number of benzene rings is 1. The van der Waals surface area contributed by atoms with Gasteiger partial charge in [0.2, 0.25) is 5.95 Å². The van der Waals surface area contributed by atoms with Crippen molar-refractivity contribution in [3.8, 4) is 0 Å². The van der Waals surface area contributed by atoms with Crippen molar-refractivity contribution in [1.29, 1.82) is 0 Å². The molecule has 1 aromatic heterocycles. The first kappa shape index (κ1) is 26.5. The number of nitrogens with zero attached hydrogens (tertiary/aromatic N) is 2. The minimum absolute atomic E-state index is 0.0199. The van der Waals surface area contributed by atoms with Crippen LogP contribution in [0.1, 0.15) is 92.5 Å². The molecule has 3 aliphatic carbocycles. The number of fused-ring (bicyclic) bond motifs is 3. The van der Waals surface area contributed by atoms with Gasteiger partial charge in [-0.1, -0.05) is 41.8 Å². The van der Waals surface area contributed by atoms with Gasteiger partial charge >= 0.3 is 0 Å². The summed E-state index contributed by atoms with van der Waals surface area (Å²) in [5.41, 5.74) is 4.12. The number of hydrogen-bond donors (Lipinski definition) is 1. The summed E-state index contributed by atoms with van der Waals surface area (Å²) in [4.78, 5) is 22.7. The van der Waals surface area contributed by atoms with E-state index >= 15 is 4.39 Å². The molecular formula is C32H36ClF2N3O. The lowest BCUT2D eigenvalue weighted by Gasteiger charge is -2.43. The van der Waals surface area contributed by atoms with Crippen LogP contribution in [0.3, 0.4) is 0 Å². The molecule has 1 fully saturated rings. The average Bonchev–Trinajstić information content (AvgIpc) is 3.05. The number of aromatic nitrogens is 2. The number of aromatic amines is 1. The number of halogens is 3. The van der Waals surface area contributed by atoms with Crippen LogP contribution in [0, 0.1) is 11.6 Å². The first-order valence-corrected chi connectivity index (χ1v) is 14.9. The SMILES string of the molecule is O=c1[nH]c(N2CCC3(CCCC(CC4=CCCC=C(Cl)C=C4)c4cc(F)cc(F)c43)CC2)nc2c1CCCC2. The van der Waals surface area contributed by atoms with Crippen molar-refractivity contribution in [1.82, 2.24) is 9.97 Å². The third kappa shape index (κ3) is 5.37. The van der Waals surface area contributed by atoms with Gasteiger partial charge in [-0.3, -0.25) is 9.78 Å². The topological polar surface area (TPSA) is 49.0 Å². The number of piperidine rings is 1. The van der Waals surface area contributed by atoms with E-state index in [0.29, 0.717) is 24.6 Å². The molecule has 0 radical (unpaired) electrons. The Kier molecular flexibility index (Phi) is 7.49. The fourth-order valence-corrected chi connectivity index (χ4v) is 7.46. The molecule has 7 heteroatoms. The largest absolute Gasteiger partial charge is 0.342 e. The highest BCUT2D eigenvalue weighted by Crippen LogP contribution is 2.49. The van der Waals surface area contributed by atoms with E-state index in [2.05, 4.69) is 22.0 Å². The van der Waals surface area contributed by atoms with Crippen LogP contribution < -0.4 is 10.5 Å². The number of anilines is 1. The fraction of sp³-hybridized carbons (Fsp3) is 0.500. The number of allylic oxidation sites excluding steroid dienone is 6. The molecule has 1 spiro atoms. The first-order valence-electron chi connectivity index (χ1n) is 14.5. The Morgan fingerprint density at radius 1 is 1.03 bits per heavy atom. The van der Waals surface area contributed by atoms with Crippen molar-refractivity contribution in [2.75, 3.05) is 18.0 Å². The Balaban J connectivity index is 1.28. The molecule has 1 atom stereocenters. The van der Waals surface area contributed by atoms with Crippen molar-refractivity contribution in [3.05, 3.63) is 91.4 Å². The van der Waals surface area contributed by atoms with Crippen molar-refractivity contribution in [3.63, 3.8) is 0 Å².